The summed E-state index contributed by atoms with van der Waals surface area (Å²) < 4.78 is 26.3. The summed E-state index contributed by atoms with van der Waals surface area (Å²) in [6.07, 6.45) is 0. The van der Waals surface area contributed by atoms with E-state index in [9.17, 15) is 14.5 Å². The molecule has 2 N–H and O–H groups in total. The van der Waals surface area contributed by atoms with E-state index in [2.05, 4.69) is 5.32 Å². The van der Waals surface area contributed by atoms with Crippen LogP contribution >= 0.6 is 7.14 Å². The molecule has 28 heavy (non-hydrogen) atoms. The lowest BCUT2D eigenvalue weighted by Crippen LogP contribution is -2.52. The monoisotopic (exact) mass is 411 g/mol. The standard InChI is InChI=1S/C21H34NO5P/c1-13(2)14(12-23)22-18(24)21(6,7)19-27-16-11-9-10-15(26-8)17(16)28(19,25)20(3,4)5/h9-11,13-14,19,23H,12H2,1-8H3,(H,22,24)/t14-,19-,28+/m0/s1. The van der Waals surface area contributed by atoms with E-state index in [1.54, 1.807) is 39.2 Å². The van der Waals surface area contributed by atoms with Crippen LogP contribution in [0.25, 0.3) is 0 Å². The van der Waals surface area contributed by atoms with Crippen LogP contribution in [0.4, 0.5) is 0 Å². The quantitative estimate of drug-likeness (QED) is 0.701. The van der Waals surface area contributed by atoms with Crippen LogP contribution in [-0.2, 0) is 9.36 Å². The first-order valence-electron chi connectivity index (χ1n) is 9.68. The fourth-order valence-electron chi connectivity index (χ4n) is 3.58. The van der Waals surface area contributed by atoms with Crippen molar-refractivity contribution >= 4 is 18.4 Å². The normalized spacial score (nSPS) is 23.1. The van der Waals surface area contributed by atoms with Gasteiger partial charge in [0.2, 0.25) is 5.91 Å². The maximum Gasteiger partial charge on any atom is 0.230 e. The van der Waals surface area contributed by atoms with Gasteiger partial charge in [-0.2, -0.15) is 0 Å². The van der Waals surface area contributed by atoms with Crippen molar-refractivity contribution in [2.75, 3.05) is 13.7 Å². The Hall–Kier alpha value is -1.52. The van der Waals surface area contributed by atoms with Gasteiger partial charge in [-0.25, -0.2) is 0 Å². The minimum atomic E-state index is -3.23. The van der Waals surface area contributed by atoms with Crippen molar-refractivity contribution < 1.29 is 23.9 Å². The summed E-state index contributed by atoms with van der Waals surface area (Å²) in [4.78, 5) is 13.2. The summed E-state index contributed by atoms with van der Waals surface area (Å²) in [6.45, 7) is 12.9. The number of hydrogen-bond acceptors (Lipinski definition) is 5. The molecule has 7 heteroatoms. The van der Waals surface area contributed by atoms with E-state index in [0.717, 1.165) is 0 Å². The van der Waals surface area contributed by atoms with Crippen molar-refractivity contribution in [3.63, 3.8) is 0 Å². The van der Waals surface area contributed by atoms with Gasteiger partial charge in [-0.1, -0.05) is 40.7 Å². The lowest BCUT2D eigenvalue weighted by Gasteiger charge is -2.39. The van der Waals surface area contributed by atoms with Gasteiger partial charge >= 0.3 is 0 Å². The van der Waals surface area contributed by atoms with Gasteiger partial charge in [0.25, 0.3) is 0 Å². The highest BCUT2D eigenvalue weighted by Gasteiger charge is 2.61. The number of rotatable bonds is 6. The third-order valence-corrected chi connectivity index (χ3v) is 10.1. The summed E-state index contributed by atoms with van der Waals surface area (Å²) >= 11 is 0. The Morgan fingerprint density at radius 1 is 1.29 bits per heavy atom. The second-order valence-corrected chi connectivity index (χ2v) is 12.9. The second kappa shape index (κ2) is 7.72. The number of hydrogen-bond donors (Lipinski definition) is 2. The number of carbonyl (C=O) groups excluding carboxylic acids is 1. The van der Waals surface area contributed by atoms with E-state index >= 15 is 0 Å². The van der Waals surface area contributed by atoms with Gasteiger partial charge < -0.3 is 24.5 Å². The van der Waals surface area contributed by atoms with Crippen LogP contribution in [0.5, 0.6) is 11.5 Å². The Kier molecular flexibility index (Phi) is 6.28. The Morgan fingerprint density at radius 2 is 1.89 bits per heavy atom. The summed E-state index contributed by atoms with van der Waals surface area (Å²) in [7, 11) is -1.69. The molecule has 0 aliphatic carbocycles. The molecule has 2 rings (SSSR count). The maximum absolute atomic E-state index is 14.6. The SMILES string of the molecule is COc1cccc2c1[P@](=O)(C(C)(C)C)[C@@H](C(C)(C)C(=O)N[C@@H](CO)C(C)C)O2. The van der Waals surface area contributed by atoms with Crippen LogP contribution in [0, 0.1) is 11.3 Å². The number of fused-ring (bicyclic) bond motifs is 1. The van der Waals surface area contributed by atoms with Gasteiger partial charge in [-0.3, -0.25) is 4.79 Å². The predicted molar refractivity (Wildman–Crippen MR) is 112 cm³/mol. The van der Waals surface area contributed by atoms with E-state index in [-0.39, 0.29) is 24.5 Å². The molecule has 1 amide bonds. The van der Waals surface area contributed by atoms with Gasteiger partial charge in [0.15, 0.2) is 13.0 Å². The average molecular weight is 411 g/mol. The smallest absolute Gasteiger partial charge is 0.230 e. The topological polar surface area (TPSA) is 84.9 Å². The lowest BCUT2D eigenvalue weighted by atomic mass is 9.91. The Morgan fingerprint density at radius 3 is 2.36 bits per heavy atom. The molecule has 1 heterocycles. The van der Waals surface area contributed by atoms with Gasteiger partial charge in [0.05, 0.1) is 30.5 Å². The maximum atomic E-state index is 14.6. The highest BCUT2D eigenvalue weighted by molar-refractivity contribution is 7.74. The first kappa shape index (κ1) is 22.8. The summed E-state index contributed by atoms with van der Waals surface area (Å²) in [5.74, 6) is -0.0313. The predicted octanol–water partition coefficient (Wildman–Crippen LogP) is 3.36. The summed E-state index contributed by atoms with van der Waals surface area (Å²) in [5, 5.41) is 12.4. The van der Waals surface area contributed by atoms with Crippen LogP contribution in [-0.4, -0.2) is 41.8 Å². The van der Waals surface area contributed by atoms with Crippen molar-refractivity contribution in [2.24, 2.45) is 11.3 Å². The zero-order valence-electron chi connectivity index (χ0n) is 18.2. The zero-order chi connectivity index (χ0) is 21.5. The molecule has 0 spiro atoms. The Labute approximate surface area is 168 Å². The first-order chi connectivity index (χ1) is 12.8. The van der Waals surface area contributed by atoms with Gasteiger partial charge in [-0.05, 0) is 31.9 Å². The van der Waals surface area contributed by atoms with Crippen molar-refractivity contribution in [3.05, 3.63) is 18.2 Å². The van der Waals surface area contributed by atoms with Crippen LogP contribution in [0.15, 0.2) is 18.2 Å². The average Bonchev–Trinajstić information content (AvgIpc) is 2.94. The van der Waals surface area contributed by atoms with E-state index in [1.165, 1.54) is 0 Å². The number of aliphatic hydroxyl groups excluding tert-OH is 1. The number of methoxy groups -OCH3 is 1. The molecule has 0 fully saturated rings. The van der Waals surface area contributed by atoms with Crippen LogP contribution in [0.1, 0.15) is 48.5 Å². The zero-order valence-corrected chi connectivity index (χ0v) is 19.1. The number of aliphatic hydroxyl groups is 1. The van der Waals surface area contributed by atoms with Crippen LogP contribution in [0.3, 0.4) is 0 Å². The number of carbonyl (C=O) groups is 1. The fraction of sp³-hybridized carbons (Fsp3) is 0.667. The van der Waals surface area contributed by atoms with Crippen LogP contribution < -0.4 is 20.1 Å². The van der Waals surface area contributed by atoms with Crippen molar-refractivity contribution in [2.45, 2.75) is 65.5 Å². The molecular weight excluding hydrogens is 377 g/mol. The molecule has 1 aromatic rings. The van der Waals surface area contributed by atoms with Gasteiger partial charge in [0, 0.05) is 5.16 Å². The molecule has 6 nitrogen and oxygen atoms in total. The molecule has 0 saturated carbocycles. The van der Waals surface area contributed by atoms with Gasteiger partial charge in [0.1, 0.15) is 11.5 Å². The second-order valence-electron chi connectivity index (χ2n) is 9.33. The molecule has 1 aromatic carbocycles. The molecule has 158 valence electrons. The number of benzene rings is 1. The van der Waals surface area contributed by atoms with Crippen molar-refractivity contribution in [1.82, 2.24) is 5.32 Å². The lowest BCUT2D eigenvalue weighted by molar-refractivity contribution is -0.133. The molecule has 0 aromatic heterocycles. The van der Waals surface area contributed by atoms with E-state index < -0.39 is 23.6 Å². The minimum Gasteiger partial charge on any atom is -0.496 e. The van der Waals surface area contributed by atoms with E-state index in [4.69, 9.17) is 9.47 Å². The van der Waals surface area contributed by atoms with Gasteiger partial charge in [-0.15, -0.1) is 0 Å². The van der Waals surface area contributed by atoms with Crippen LogP contribution in [0.2, 0.25) is 0 Å². The number of ether oxygens (including phenoxy) is 2. The number of amides is 1. The van der Waals surface area contributed by atoms with E-state index in [0.29, 0.717) is 16.8 Å². The minimum absolute atomic E-state index is 0.0703. The highest BCUT2D eigenvalue weighted by Crippen LogP contribution is 2.70. The molecule has 0 radical (unpaired) electrons. The molecule has 0 bridgehead atoms. The van der Waals surface area contributed by atoms with Crippen molar-refractivity contribution in [1.29, 1.82) is 0 Å². The molecule has 0 unspecified atom stereocenters. The third-order valence-electron chi connectivity index (χ3n) is 5.60. The molecule has 3 atom stereocenters. The highest BCUT2D eigenvalue weighted by atomic mass is 31.2. The summed E-state index contributed by atoms with van der Waals surface area (Å²) in [5.41, 5.74) is -1.09. The third kappa shape index (κ3) is 3.57. The molecular formula is C21H34NO5P. The summed E-state index contributed by atoms with van der Waals surface area (Å²) in [6, 6.07) is 4.96. The fourth-order valence-corrected chi connectivity index (χ4v) is 7.42. The molecule has 0 saturated heterocycles. The van der Waals surface area contributed by atoms with Crippen molar-refractivity contribution in [3.8, 4) is 11.5 Å². The van der Waals surface area contributed by atoms with E-state index in [1.807, 2.05) is 34.6 Å². The Bertz CT molecular complexity index is 781. The largest absolute Gasteiger partial charge is 0.496 e. The molecule has 1 aliphatic heterocycles. The molecule has 1 aliphatic rings. The first-order valence-corrected chi connectivity index (χ1v) is 11.5. The Balaban J connectivity index is 2.55. The number of nitrogens with one attached hydrogen (secondary N) is 1.